The van der Waals surface area contributed by atoms with E-state index in [1.54, 1.807) is 18.2 Å². The third-order valence-corrected chi connectivity index (χ3v) is 13.2. The van der Waals surface area contributed by atoms with Crippen LogP contribution in [0.2, 0.25) is 18.1 Å². The molecule has 6 nitrogen and oxygen atoms in total. The van der Waals surface area contributed by atoms with Crippen molar-refractivity contribution in [1.29, 1.82) is 0 Å². The van der Waals surface area contributed by atoms with Gasteiger partial charge in [-0.25, -0.2) is 12.7 Å². The van der Waals surface area contributed by atoms with Gasteiger partial charge in [-0.3, -0.25) is 4.79 Å². The summed E-state index contributed by atoms with van der Waals surface area (Å²) in [5.74, 6) is -0.625. The minimum Gasteiger partial charge on any atom is -0.380 e. The van der Waals surface area contributed by atoms with E-state index in [1.165, 1.54) is 19.2 Å². The van der Waals surface area contributed by atoms with Crippen LogP contribution in [0.1, 0.15) is 32.8 Å². The average molecular weight is 438 g/mol. The monoisotopic (exact) mass is 437 g/mol. The Morgan fingerprint density at radius 1 is 1.17 bits per heavy atom. The molecule has 0 radical (unpaired) electrons. The molecule has 1 aliphatic rings. The lowest BCUT2D eigenvalue weighted by atomic mass is 10.2. The standard InChI is InChI=1S/C21H31NO5SSi/c1-15-8-10-18(11-9-15)28(25,26)22-17(12-16(14-27-5)20(22)24)13-19(23)29(6,7)21(2,3)4/h8-12,17H,13-14H2,1-7H3. The van der Waals surface area contributed by atoms with Crippen molar-refractivity contribution in [2.45, 2.75) is 63.2 Å². The second-order valence-electron chi connectivity index (χ2n) is 9.11. The smallest absolute Gasteiger partial charge is 0.267 e. The zero-order valence-corrected chi connectivity index (χ0v) is 20.1. The molecule has 2 rings (SSSR count). The fourth-order valence-corrected chi connectivity index (χ4v) is 6.14. The summed E-state index contributed by atoms with van der Waals surface area (Å²) in [6, 6.07) is 5.51. The fourth-order valence-electron chi connectivity index (χ4n) is 3.05. The largest absolute Gasteiger partial charge is 0.380 e. The highest BCUT2D eigenvalue weighted by molar-refractivity contribution is 7.89. The first-order chi connectivity index (χ1) is 13.2. The first kappa shape index (κ1) is 23.5. The molecule has 1 unspecified atom stereocenters. The second-order valence-corrected chi connectivity index (χ2v) is 16.2. The van der Waals surface area contributed by atoms with Gasteiger partial charge in [-0.2, -0.15) is 0 Å². The highest BCUT2D eigenvalue weighted by Crippen LogP contribution is 2.38. The lowest BCUT2D eigenvalue weighted by molar-refractivity contribution is -0.123. The SMILES string of the molecule is COCC1=CC(CC(=O)[Si](C)(C)C(C)(C)C)N(S(=O)(=O)c2ccc(C)cc2)C1=O. The molecule has 0 aliphatic carbocycles. The molecule has 0 spiro atoms. The van der Waals surface area contributed by atoms with Crippen molar-refractivity contribution in [1.82, 2.24) is 4.31 Å². The van der Waals surface area contributed by atoms with Gasteiger partial charge in [0.05, 0.1) is 17.5 Å². The Labute approximate surface area is 175 Å². The molecule has 8 heteroatoms. The normalized spacial score (nSPS) is 18.2. The average Bonchev–Trinajstić information content (AvgIpc) is 2.90. The molecular weight excluding hydrogens is 406 g/mol. The molecule has 0 fully saturated rings. The lowest BCUT2D eigenvalue weighted by Crippen LogP contribution is -2.49. The summed E-state index contributed by atoms with van der Waals surface area (Å²) in [6.45, 7) is 11.9. The number of hydrogen-bond acceptors (Lipinski definition) is 5. The minimum absolute atomic E-state index is 0.00351. The molecule has 1 aromatic rings. The van der Waals surface area contributed by atoms with Gasteiger partial charge < -0.3 is 9.53 Å². The van der Waals surface area contributed by atoms with Crippen molar-refractivity contribution in [3.63, 3.8) is 0 Å². The van der Waals surface area contributed by atoms with Crippen LogP contribution < -0.4 is 0 Å². The molecular formula is C21H31NO5SSi. The van der Waals surface area contributed by atoms with Crippen LogP contribution in [0.4, 0.5) is 0 Å². The molecule has 1 aliphatic heterocycles. The van der Waals surface area contributed by atoms with Gasteiger partial charge in [-0.1, -0.05) is 51.6 Å². The zero-order chi connectivity index (χ0) is 22.2. The third kappa shape index (κ3) is 4.54. The molecule has 1 atom stereocenters. The molecule has 1 amide bonds. The molecule has 0 aromatic heterocycles. The molecule has 1 heterocycles. The Morgan fingerprint density at radius 2 is 1.72 bits per heavy atom. The molecule has 0 bridgehead atoms. The van der Waals surface area contributed by atoms with Crippen molar-refractivity contribution in [3.05, 3.63) is 41.5 Å². The first-order valence-corrected chi connectivity index (χ1v) is 14.1. The van der Waals surface area contributed by atoms with Crippen molar-refractivity contribution in [2.75, 3.05) is 13.7 Å². The Bertz CT molecular complexity index is 927. The van der Waals surface area contributed by atoms with E-state index in [-0.39, 0.29) is 33.9 Å². The topological polar surface area (TPSA) is 80.8 Å². The first-order valence-electron chi connectivity index (χ1n) is 9.62. The zero-order valence-electron chi connectivity index (χ0n) is 18.3. The third-order valence-electron chi connectivity index (χ3n) is 6.01. The van der Waals surface area contributed by atoms with E-state index in [2.05, 4.69) is 0 Å². The molecule has 0 saturated carbocycles. The Morgan fingerprint density at radius 3 is 2.21 bits per heavy atom. The van der Waals surface area contributed by atoms with Crippen LogP contribution in [-0.4, -0.2) is 51.9 Å². The number of aryl methyl sites for hydroxylation is 1. The number of nitrogens with zero attached hydrogens (tertiary/aromatic N) is 1. The van der Waals surface area contributed by atoms with E-state index in [9.17, 15) is 18.0 Å². The van der Waals surface area contributed by atoms with Crippen LogP contribution in [0.15, 0.2) is 40.8 Å². The molecule has 0 saturated heterocycles. The summed E-state index contributed by atoms with van der Waals surface area (Å²) >= 11 is 0. The van der Waals surface area contributed by atoms with Crippen molar-refractivity contribution < 1.29 is 22.7 Å². The summed E-state index contributed by atoms with van der Waals surface area (Å²) in [5.41, 5.74) is 1.18. The number of methoxy groups -OCH3 is 1. The van der Waals surface area contributed by atoms with E-state index in [0.717, 1.165) is 9.87 Å². The highest BCUT2D eigenvalue weighted by atomic mass is 32.2. The number of carbonyl (C=O) groups is 2. The Kier molecular flexibility index (Phi) is 6.61. The van der Waals surface area contributed by atoms with Gasteiger partial charge in [0.1, 0.15) is 13.5 Å². The van der Waals surface area contributed by atoms with E-state index >= 15 is 0 Å². The van der Waals surface area contributed by atoms with Gasteiger partial charge in [0.2, 0.25) is 0 Å². The molecule has 1 aromatic carbocycles. The van der Waals surface area contributed by atoms with Crippen LogP contribution >= 0.6 is 0 Å². The lowest BCUT2D eigenvalue weighted by Gasteiger charge is -2.36. The quantitative estimate of drug-likeness (QED) is 0.610. The number of rotatable bonds is 7. The number of carbonyl (C=O) groups excluding carboxylic acids is 2. The predicted molar refractivity (Wildman–Crippen MR) is 116 cm³/mol. The van der Waals surface area contributed by atoms with Crippen LogP contribution in [0.25, 0.3) is 0 Å². The summed E-state index contributed by atoms with van der Waals surface area (Å²) in [5, 5.41) is -0.131. The van der Waals surface area contributed by atoms with Gasteiger partial charge in [0, 0.05) is 19.1 Å². The van der Waals surface area contributed by atoms with E-state index in [4.69, 9.17) is 4.74 Å². The number of benzene rings is 1. The van der Waals surface area contributed by atoms with E-state index in [1.807, 2.05) is 40.8 Å². The summed E-state index contributed by atoms with van der Waals surface area (Å²) in [6.07, 6.45) is 1.56. The maximum atomic E-state index is 13.3. The van der Waals surface area contributed by atoms with Gasteiger partial charge >= 0.3 is 0 Å². The highest BCUT2D eigenvalue weighted by Gasteiger charge is 2.47. The van der Waals surface area contributed by atoms with Crippen LogP contribution in [0.5, 0.6) is 0 Å². The number of hydrogen-bond donors (Lipinski definition) is 0. The van der Waals surface area contributed by atoms with Gasteiger partial charge in [-0.05, 0) is 30.2 Å². The number of amides is 1. The maximum Gasteiger partial charge on any atom is 0.267 e. The van der Waals surface area contributed by atoms with Gasteiger partial charge in [-0.15, -0.1) is 0 Å². The molecule has 0 N–H and O–H groups in total. The van der Waals surface area contributed by atoms with Gasteiger partial charge in [0.15, 0.2) is 0 Å². The van der Waals surface area contributed by atoms with Crippen LogP contribution in [0, 0.1) is 6.92 Å². The molecule has 29 heavy (non-hydrogen) atoms. The summed E-state index contributed by atoms with van der Waals surface area (Å²) in [7, 11) is -4.99. The summed E-state index contributed by atoms with van der Waals surface area (Å²) in [4.78, 5) is 26.1. The maximum absolute atomic E-state index is 13.3. The van der Waals surface area contributed by atoms with Crippen molar-refractivity contribution in [3.8, 4) is 0 Å². The van der Waals surface area contributed by atoms with Crippen molar-refractivity contribution in [2.24, 2.45) is 0 Å². The summed E-state index contributed by atoms with van der Waals surface area (Å²) < 4.78 is 32.5. The molecule has 160 valence electrons. The number of ether oxygens (including phenoxy) is 1. The van der Waals surface area contributed by atoms with Crippen LogP contribution in [0.3, 0.4) is 0 Å². The minimum atomic E-state index is -4.09. The number of sulfonamides is 1. The fraction of sp³-hybridized carbons (Fsp3) is 0.524. The second kappa shape index (κ2) is 8.16. The Balaban J connectivity index is 2.45. The predicted octanol–water partition coefficient (Wildman–Crippen LogP) is 3.47. The van der Waals surface area contributed by atoms with Crippen molar-refractivity contribution >= 4 is 29.4 Å². The van der Waals surface area contributed by atoms with E-state index < -0.39 is 30.0 Å². The Hall–Kier alpha value is -1.77. The van der Waals surface area contributed by atoms with Crippen LogP contribution in [-0.2, 0) is 24.3 Å². The van der Waals surface area contributed by atoms with E-state index in [0.29, 0.717) is 0 Å². The van der Waals surface area contributed by atoms with Gasteiger partial charge in [0.25, 0.3) is 15.9 Å².